The van der Waals surface area contributed by atoms with Crippen LogP contribution in [0.25, 0.3) is 0 Å². The van der Waals surface area contributed by atoms with Gasteiger partial charge in [0.2, 0.25) is 0 Å². The number of hydrogen-bond donors (Lipinski definition) is 0. The van der Waals surface area contributed by atoms with Crippen molar-refractivity contribution in [2.24, 2.45) is 0 Å². The van der Waals surface area contributed by atoms with Crippen molar-refractivity contribution in [2.45, 2.75) is 0 Å². The van der Waals surface area contributed by atoms with Gasteiger partial charge in [0.25, 0.3) is 0 Å². The Hall–Kier alpha value is 0.505. The van der Waals surface area contributed by atoms with Crippen LogP contribution in [-0.4, -0.2) is 31.3 Å². The summed E-state index contributed by atoms with van der Waals surface area (Å²) in [5.74, 6) is 0. The van der Waals surface area contributed by atoms with Gasteiger partial charge in [-0.1, -0.05) is 0 Å². The summed E-state index contributed by atoms with van der Waals surface area (Å²) in [6.45, 7) is 1.77. The monoisotopic (exact) mass is 98.0 g/mol. The zero-order chi connectivity index (χ0) is 4.99. The quantitative estimate of drug-likeness (QED) is 0.278. The van der Waals surface area contributed by atoms with Gasteiger partial charge in [0.05, 0.1) is 0 Å². The second-order valence-corrected chi connectivity index (χ2v) is 2.24. The maximum atomic E-state index is 10.1. The fraction of sp³-hybridized carbons (Fsp3) is 1.00. The number of hydrogen-bond acceptors (Lipinski definition) is 1. The molecular formula is CH5B3OS. The Morgan fingerprint density at radius 3 is 2.33 bits per heavy atom. The third-order valence-electron chi connectivity index (χ3n) is 0.328. The Labute approximate surface area is 43.1 Å². The topological polar surface area (TPSA) is 23.1 Å². The molecule has 0 rings (SSSR count). The molecule has 1 unspecified atom stereocenters. The van der Waals surface area contributed by atoms with E-state index in [9.17, 15) is 4.55 Å². The van der Waals surface area contributed by atoms with Crippen LogP contribution in [0.2, 0.25) is 0 Å². The van der Waals surface area contributed by atoms with Crippen LogP contribution in [0.15, 0.2) is 0 Å². The van der Waals surface area contributed by atoms with E-state index in [4.69, 9.17) is 0 Å². The average molecular weight is 97.6 g/mol. The molecule has 0 bridgehead atoms. The zero-order valence-electron chi connectivity index (χ0n) is 3.97. The molecule has 0 N–H and O–H groups in total. The van der Waals surface area contributed by atoms with E-state index >= 15 is 0 Å². The van der Waals surface area contributed by atoms with Crippen molar-refractivity contribution in [3.8, 4) is 0 Å². The first-order valence-electron chi connectivity index (χ1n) is 1.72. The van der Waals surface area contributed by atoms with E-state index in [1.54, 1.807) is 19.0 Å². The van der Waals surface area contributed by atoms with Crippen molar-refractivity contribution >= 4 is 31.5 Å². The zero-order valence-corrected chi connectivity index (χ0v) is 4.79. The van der Waals surface area contributed by atoms with Crippen molar-refractivity contribution in [1.82, 2.24) is 0 Å². The van der Waals surface area contributed by atoms with Crippen molar-refractivity contribution in [1.29, 1.82) is 0 Å². The van der Waals surface area contributed by atoms with Gasteiger partial charge < -0.3 is 0 Å². The summed E-state index contributed by atoms with van der Waals surface area (Å²) in [5.41, 5.74) is 0. The van der Waals surface area contributed by atoms with E-state index < -0.39 is 11.0 Å². The first-order valence-corrected chi connectivity index (χ1v) is 3.34. The first kappa shape index (κ1) is 6.50. The Morgan fingerprint density at radius 2 is 2.33 bits per heavy atom. The van der Waals surface area contributed by atoms with Crippen LogP contribution in [0.5, 0.6) is 0 Å². The fourth-order valence-electron chi connectivity index (χ4n) is 0.192. The van der Waals surface area contributed by atoms with Crippen LogP contribution in [0.3, 0.4) is 0 Å². The van der Waals surface area contributed by atoms with Crippen LogP contribution < -0.4 is 0 Å². The molecule has 1 atom stereocenters. The van der Waals surface area contributed by atoms with Gasteiger partial charge in [0, 0.05) is 0 Å². The van der Waals surface area contributed by atoms with E-state index in [2.05, 4.69) is 0 Å². The van der Waals surface area contributed by atoms with Crippen LogP contribution in [0.4, 0.5) is 0 Å². The summed E-state index contributed by atoms with van der Waals surface area (Å²) in [6.07, 6.45) is 3.28. The molecule has 0 amide bonds. The van der Waals surface area contributed by atoms with E-state index in [1.165, 1.54) is 0 Å². The average Bonchev–Trinajstić information content (AvgIpc) is 1.35. The third kappa shape index (κ3) is 4.50. The molecule has 30 valence electrons. The molecular weight excluding hydrogens is 92.5 g/mol. The van der Waals surface area contributed by atoms with Gasteiger partial charge in [-0.05, 0) is 0 Å². The molecule has 0 saturated heterocycles. The molecule has 0 aromatic heterocycles. The SMILES string of the molecule is BB=B[S+](C)[O-]. The molecule has 0 aliphatic heterocycles. The predicted octanol–water partition coefficient (Wildman–Crippen LogP) is -1.85. The third-order valence-corrected chi connectivity index (χ3v) is 0.983. The molecule has 0 spiro atoms. The molecule has 6 heavy (non-hydrogen) atoms. The molecule has 0 radical (unpaired) electrons. The van der Waals surface area contributed by atoms with Gasteiger partial charge >= 0.3 is 42.3 Å². The summed E-state index contributed by atoms with van der Waals surface area (Å²) in [4.78, 5) is 0. The van der Waals surface area contributed by atoms with Gasteiger partial charge in [-0.3, -0.25) is 0 Å². The Bertz CT molecular complexity index is 52.8. The summed E-state index contributed by atoms with van der Waals surface area (Å²) in [5, 5.41) is 0. The van der Waals surface area contributed by atoms with E-state index in [0.29, 0.717) is 0 Å². The Balaban J connectivity index is 3.03. The van der Waals surface area contributed by atoms with Gasteiger partial charge in [-0.2, -0.15) is 0 Å². The molecule has 1 nitrogen and oxygen atoms in total. The minimum absolute atomic E-state index is 0.746. The second-order valence-electron chi connectivity index (χ2n) is 0.968. The normalized spacial score (nSPS) is 13.0. The summed E-state index contributed by atoms with van der Waals surface area (Å²) < 4.78 is 10.1. The number of rotatable bonds is 1. The van der Waals surface area contributed by atoms with E-state index in [1.807, 2.05) is 7.74 Å². The molecule has 0 aliphatic carbocycles. The van der Waals surface area contributed by atoms with Crippen molar-refractivity contribution in [3.05, 3.63) is 0 Å². The molecule has 0 aliphatic rings. The molecule has 0 aromatic carbocycles. The standard InChI is InChI=1S/CH5B3OS/c1-6(5)4-3-2/h2H2,1H3. The van der Waals surface area contributed by atoms with E-state index in [0.717, 1.165) is 0 Å². The molecule has 0 fully saturated rings. The summed E-state index contributed by atoms with van der Waals surface area (Å²) in [6, 6.07) is 0. The van der Waals surface area contributed by atoms with Crippen LogP contribution >= 0.6 is 0 Å². The Kier molecular flexibility index (Phi) is 4.00. The van der Waals surface area contributed by atoms with Gasteiger partial charge in [0.15, 0.2) is 0 Å². The van der Waals surface area contributed by atoms with Crippen LogP contribution in [-0.2, 0) is 11.0 Å². The predicted molar refractivity (Wildman–Crippen MR) is 34.1 cm³/mol. The van der Waals surface area contributed by atoms with Crippen molar-refractivity contribution < 1.29 is 4.55 Å². The van der Waals surface area contributed by atoms with E-state index in [-0.39, 0.29) is 0 Å². The van der Waals surface area contributed by atoms with Crippen LogP contribution in [0, 0.1) is 0 Å². The van der Waals surface area contributed by atoms with Gasteiger partial charge in [-0.25, -0.2) is 0 Å². The van der Waals surface area contributed by atoms with Gasteiger partial charge in [0.1, 0.15) is 0 Å². The maximum absolute atomic E-state index is 10.1. The molecule has 0 saturated carbocycles. The Morgan fingerprint density at radius 1 is 1.83 bits per heavy atom. The van der Waals surface area contributed by atoms with Crippen molar-refractivity contribution in [3.63, 3.8) is 0 Å². The fourth-order valence-corrected chi connectivity index (χ4v) is 0.575. The van der Waals surface area contributed by atoms with Crippen molar-refractivity contribution in [2.75, 3.05) is 6.26 Å². The molecule has 0 heterocycles. The summed E-state index contributed by atoms with van der Waals surface area (Å²) in [7, 11) is 1.85. The van der Waals surface area contributed by atoms with Crippen LogP contribution in [0.1, 0.15) is 0 Å². The molecule has 0 aromatic rings. The first-order chi connectivity index (χ1) is 2.77. The second kappa shape index (κ2) is 3.69. The summed E-state index contributed by atoms with van der Waals surface area (Å²) >= 11 is -0.746. The minimum atomic E-state index is -0.746. The van der Waals surface area contributed by atoms with Gasteiger partial charge in [-0.15, -0.1) is 0 Å². The molecule has 5 heteroatoms.